The van der Waals surface area contributed by atoms with Crippen LogP contribution in [0.3, 0.4) is 0 Å². The Kier molecular flexibility index (Phi) is 6.88. The highest BCUT2D eigenvalue weighted by molar-refractivity contribution is 5.83. The molecule has 0 heterocycles. The first-order valence-electron chi connectivity index (χ1n) is 7.59. The number of oxime groups is 1. The molecular weight excluding hydrogens is 330 g/mol. The van der Waals surface area contributed by atoms with Crippen LogP contribution in [0, 0.1) is 0 Å². The summed E-state index contributed by atoms with van der Waals surface area (Å²) in [6.45, 7) is -1.36. The fraction of sp³-hybridized carbons (Fsp3) is 0.222. The van der Waals surface area contributed by atoms with Gasteiger partial charge in [-0.1, -0.05) is 47.6 Å². The zero-order valence-electron chi connectivity index (χ0n) is 13.6. The third kappa shape index (κ3) is 6.21. The van der Waals surface area contributed by atoms with Crippen LogP contribution in [0.25, 0.3) is 0 Å². The maximum atomic E-state index is 12.3. The van der Waals surface area contributed by atoms with Gasteiger partial charge in [-0.3, -0.25) is 4.79 Å². The van der Waals surface area contributed by atoms with Crippen LogP contribution < -0.4 is 10.1 Å². The van der Waals surface area contributed by atoms with Crippen molar-refractivity contribution in [3.05, 3.63) is 65.7 Å². The molecule has 25 heavy (non-hydrogen) atoms. The molecule has 2 rings (SSSR count). The number of halogens is 2. The van der Waals surface area contributed by atoms with E-state index in [2.05, 4.69) is 15.2 Å². The summed E-state index contributed by atoms with van der Waals surface area (Å²) in [5.41, 5.74) is 1.29. The van der Waals surface area contributed by atoms with Crippen molar-refractivity contribution in [2.75, 3.05) is 6.61 Å². The van der Waals surface area contributed by atoms with Gasteiger partial charge < -0.3 is 14.9 Å². The third-order valence-electron chi connectivity index (χ3n) is 3.27. The number of nitrogens with zero attached hydrogens (tertiary/aromatic N) is 1. The summed E-state index contributed by atoms with van der Waals surface area (Å²) >= 11 is 0. The number of hydrogen-bond acceptors (Lipinski definition) is 4. The van der Waals surface area contributed by atoms with E-state index in [9.17, 15) is 13.6 Å². The first-order chi connectivity index (χ1) is 12.1. The van der Waals surface area contributed by atoms with Gasteiger partial charge in [-0.25, -0.2) is 0 Å². The molecule has 0 aliphatic heterocycles. The summed E-state index contributed by atoms with van der Waals surface area (Å²) in [5.74, 6) is -0.363. The number of ether oxygens (including phenoxy) is 1. The van der Waals surface area contributed by atoms with Crippen LogP contribution in [-0.4, -0.2) is 25.3 Å². The second kappa shape index (κ2) is 9.36. The smallest absolute Gasteiger partial charge is 0.387 e. The number of benzene rings is 2. The van der Waals surface area contributed by atoms with E-state index in [0.29, 0.717) is 5.56 Å². The van der Waals surface area contributed by atoms with Crippen LogP contribution in [-0.2, 0) is 9.63 Å². The summed E-state index contributed by atoms with van der Waals surface area (Å²) in [6.07, 6.45) is 1.21. The molecule has 1 atom stereocenters. The van der Waals surface area contributed by atoms with Crippen molar-refractivity contribution < 1.29 is 23.1 Å². The number of amides is 1. The van der Waals surface area contributed by atoms with Gasteiger partial charge in [-0.15, -0.1) is 0 Å². The Morgan fingerprint density at radius 3 is 2.56 bits per heavy atom. The van der Waals surface area contributed by atoms with E-state index in [4.69, 9.17) is 4.84 Å². The van der Waals surface area contributed by atoms with Gasteiger partial charge >= 0.3 is 6.61 Å². The Bertz CT molecular complexity index is 708. The van der Waals surface area contributed by atoms with Crippen LogP contribution in [0.1, 0.15) is 24.1 Å². The molecule has 0 saturated carbocycles. The van der Waals surface area contributed by atoms with Crippen molar-refractivity contribution in [3.63, 3.8) is 0 Å². The number of rotatable bonds is 8. The van der Waals surface area contributed by atoms with Crippen LogP contribution in [0.15, 0.2) is 59.8 Å². The highest BCUT2D eigenvalue weighted by atomic mass is 19.3. The van der Waals surface area contributed by atoms with Crippen molar-refractivity contribution in [1.82, 2.24) is 5.32 Å². The van der Waals surface area contributed by atoms with E-state index in [1.165, 1.54) is 12.3 Å². The summed E-state index contributed by atoms with van der Waals surface area (Å²) in [7, 11) is 0. The standard InChI is InChI=1S/C18H18F2N2O3/c1-13(14-7-3-2-4-8-14)22-17(23)12-24-21-11-15-9-5-6-10-16(15)25-18(19)20/h2-11,13,18H,12H2,1H3,(H,22,23)/b21-11+. The maximum absolute atomic E-state index is 12.3. The predicted octanol–water partition coefficient (Wildman–Crippen LogP) is 3.52. The summed E-state index contributed by atoms with van der Waals surface area (Å²) in [6, 6.07) is 15.5. The van der Waals surface area contributed by atoms with Crippen molar-refractivity contribution in [2.24, 2.45) is 5.16 Å². The van der Waals surface area contributed by atoms with E-state index >= 15 is 0 Å². The molecule has 1 amide bonds. The highest BCUT2D eigenvalue weighted by Gasteiger charge is 2.10. The Balaban J connectivity index is 1.82. The minimum atomic E-state index is -2.93. The second-order valence-electron chi connectivity index (χ2n) is 5.12. The van der Waals surface area contributed by atoms with Gasteiger partial charge in [-0.2, -0.15) is 8.78 Å². The van der Waals surface area contributed by atoms with Gasteiger partial charge in [0, 0.05) is 5.56 Å². The van der Waals surface area contributed by atoms with E-state index < -0.39 is 6.61 Å². The number of alkyl halides is 2. The van der Waals surface area contributed by atoms with Crippen LogP contribution >= 0.6 is 0 Å². The topological polar surface area (TPSA) is 59.9 Å². The monoisotopic (exact) mass is 348 g/mol. The molecule has 0 radical (unpaired) electrons. The molecule has 1 N–H and O–H groups in total. The zero-order valence-corrected chi connectivity index (χ0v) is 13.6. The molecule has 7 heteroatoms. The Labute approximate surface area is 144 Å². The average molecular weight is 348 g/mol. The van der Waals surface area contributed by atoms with Crippen molar-refractivity contribution in [1.29, 1.82) is 0 Å². The second-order valence-corrected chi connectivity index (χ2v) is 5.12. The molecule has 0 bridgehead atoms. The lowest BCUT2D eigenvalue weighted by Crippen LogP contribution is -2.29. The molecule has 0 spiro atoms. The van der Waals surface area contributed by atoms with Crippen LogP contribution in [0.5, 0.6) is 5.75 Å². The van der Waals surface area contributed by atoms with E-state index in [1.807, 2.05) is 37.3 Å². The normalized spacial score (nSPS) is 12.2. The first-order valence-corrected chi connectivity index (χ1v) is 7.59. The fourth-order valence-corrected chi connectivity index (χ4v) is 2.09. The Morgan fingerprint density at radius 2 is 1.84 bits per heavy atom. The molecule has 0 aromatic heterocycles. The number of carbonyl (C=O) groups excluding carboxylic acids is 1. The lowest BCUT2D eigenvalue weighted by molar-refractivity contribution is -0.126. The lowest BCUT2D eigenvalue weighted by atomic mass is 10.1. The zero-order chi connectivity index (χ0) is 18.1. The van der Waals surface area contributed by atoms with E-state index in [1.54, 1.807) is 18.2 Å². The lowest BCUT2D eigenvalue weighted by Gasteiger charge is -2.13. The summed E-state index contributed by atoms with van der Waals surface area (Å²) in [5, 5.41) is 6.39. The SMILES string of the molecule is CC(NC(=O)CO/N=C/c1ccccc1OC(F)F)c1ccccc1. The quantitative estimate of drug-likeness (QED) is 0.587. The molecule has 0 saturated heterocycles. The number of para-hydroxylation sites is 1. The molecule has 5 nitrogen and oxygen atoms in total. The van der Waals surface area contributed by atoms with Gasteiger partial charge in [0.05, 0.1) is 12.3 Å². The molecule has 0 fully saturated rings. The Hall–Kier alpha value is -2.96. The highest BCUT2D eigenvalue weighted by Crippen LogP contribution is 2.18. The van der Waals surface area contributed by atoms with E-state index in [-0.39, 0.29) is 24.3 Å². The summed E-state index contributed by atoms with van der Waals surface area (Å²) in [4.78, 5) is 16.7. The van der Waals surface area contributed by atoms with Gasteiger partial charge in [0.15, 0.2) is 6.61 Å². The molecule has 1 unspecified atom stereocenters. The Morgan fingerprint density at radius 1 is 1.16 bits per heavy atom. The fourth-order valence-electron chi connectivity index (χ4n) is 2.09. The van der Waals surface area contributed by atoms with Gasteiger partial charge in [0.2, 0.25) is 0 Å². The molecule has 2 aromatic rings. The molecule has 0 aliphatic rings. The van der Waals surface area contributed by atoms with Gasteiger partial charge in [0.1, 0.15) is 5.75 Å². The van der Waals surface area contributed by atoms with Crippen molar-refractivity contribution in [2.45, 2.75) is 19.6 Å². The van der Waals surface area contributed by atoms with Crippen LogP contribution in [0.2, 0.25) is 0 Å². The average Bonchev–Trinajstić information content (AvgIpc) is 2.60. The minimum Gasteiger partial charge on any atom is -0.434 e. The molecule has 2 aromatic carbocycles. The first kappa shape index (κ1) is 18.4. The number of nitrogens with one attached hydrogen (secondary N) is 1. The maximum Gasteiger partial charge on any atom is 0.387 e. The summed E-state index contributed by atoms with van der Waals surface area (Å²) < 4.78 is 29.0. The number of carbonyl (C=O) groups is 1. The third-order valence-corrected chi connectivity index (χ3v) is 3.27. The van der Waals surface area contributed by atoms with E-state index in [0.717, 1.165) is 5.56 Å². The molecule has 0 aliphatic carbocycles. The molecule has 132 valence electrons. The predicted molar refractivity (Wildman–Crippen MR) is 89.6 cm³/mol. The van der Waals surface area contributed by atoms with Gasteiger partial charge in [0.25, 0.3) is 5.91 Å². The van der Waals surface area contributed by atoms with Crippen molar-refractivity contribution >= 4 is 12.1 Å². The van der Waals surface area contributed by atoms with Crippen molar-refractivity contribution in [3.8, 4) is 5.75 Å². The van der Waals surface area contributed by atoms with Gasteiger partial charge in [-0.05, 0) is 24.6 Å². The minimum absolute atomic E-state index is 0.0213. The van der Waals surface area contributed by atoms with Crippen LogP contribution in [0.4, 0.5) is 8.78 Å². The largest absolute Gasteiger partial charge is 0.434 e. The molecular formula is C18H18F2N2O3. The number of hydrogen-bond donors (Lipinski definition) is 1.